The van der Waals surface area contributed by atoms with Gasteiger partial charge in [0.15, 0.2) is 0 Å². The molecule has 0 bridgehead atoms. The van der Waals surface area contributed by atoms with Crippen LogP contribution in [-0.4, -0.2) is 62.3 Å². The van der Waals surface area contributed by atoms with Crippen LogP contribution >= 0.6 is 0 Å². The molecule has 1 aromatic carbocycles. The van der Waals surface area contributed by atoms with Gasteiger partial charge in [-0.15, -0.1) is 0 Å². The van der Waals surface area contributed by atoms with E-state index in [1.54, 1.807) is 40.6 Å². The van der Waals surface area contributed by atoms with E-state index in [1.165, 1.54) is 13.2 Å². The van der Waals surface area contributed by atoms with Crippen LogP contribution in [-0.2, 0) is 14.8 Å². The van der Waals surface area contributed by atoms with Crippen LogP contribution < -0.4 is 4.74 Å². The molecule has 3 rings (SSSR count). The monoisotopic (exact) mass is 417 g/mol. The normalized spacial score (nSPS) is 15.9. The highest BCUT2D eigenvalue weighted by molar-refractivity contribution is 7.89. The van der Waals surface area contributed by atoms with Crippen LogP contribution in [0.25, 0.3) is 10.8 Å². The van der Waals surface area contributed by atoms with E-state index in [-0.39, 0.29) is 10.8 Å². The maximum Gasteiger partial charge on any atom is 0.245 e. The molecular formula is C21H27N3O4S. The van der Waals surface area contributed by atoms with Gasteiger partial charge in [0.2, 0.25) is 21.8 Å². The maximum atomic E-state index is 13.3. The molecule has 2 heterocycles. The summed E-state index contributed by atoms with van der Waals surface area (Å²) in [5.74, 6) is 0.723. The third-order valence-electron chi connectivity index (χ3n) is 5.54. The zero-order chi connectivity index (χ0) is 21.0. The first kappa shape index (κ1) is 21.3. The van der Waals surface area contributed by atoms with Crippen LogP contribution in [0.4, 0.5) is 0 Å². The van der Waals surface area contributed by atoms with E-state index in [4.69, 9.17) is 4.74 Å². The summed E-state index contributed by atoms with van der Waals surface area (Å²) in [6, 6.07) is 6.88. The van der Waals surface area contributed by atoms with E-state index in [9.17, 15) is 13.2 Å². The number of nitrogens with zero attached hydrogens (tertiary/aromatic N) is 3. The van der Waals surface area contributed by atoms with E-state index in [2.05, 4.69) is 11.6 Å². The number of hydrogen-bond donors (Lipinski definition) is 0. The van der Waals surface area contributed by atoms with Crippen LogP contribution in [0.1, 0.15) is 19.3 Å². The molecule has 0 spiro atoms. The van der Waals surface area contributed by atoms with Gasteiger partial charge in [0.25, 0.3) is 0 Å². The van der Waals surface area contributed by atoms with Gasteiger partial charge in [-0.3, -0.25) is 4.79 Å². The number of hydrogen-bond acceptors (Lipinski definition) is 5. The molecule has 1 aliphatic heterocycles. The number of fused-ring (bicyclic) bond motifs is 1. The molecule has 7 nitrogen and oxygen atoms in total. The quantitative estimate of drug-likeness (QED) is 0.647. The van der Waals surface area contributed by atoms with Crippen LogP contribution in [0, 0.1) is 5.92 Å². The molecule has 1 saturated heterocycles. The summed E-state index contributed by atoms with van der Waals surface area (Å²) in [7, 11) is -0.335. The highest BCUT2D eigenvalue weighted by Gasteiger charge is 2.30. The number of carbonyl (C=O) groups is 1. The lowest BCUT2D eigenvalue weighted by Crippen LogP contribution is -2.39. The predicted octanol–water partition coefficient (Wildman–Crippen LogP) is 2.68. The number of benzene rings is 1. The van der Waals surface area contributed by atoms with Crippen molar-refractivity contribution in [1.29, 1.82) is 0 Å². The molecule has 156 valence electrons. The van der Waals surface area contributed by atoms with Crippen molar-refractivity contribution in [3.05, 3.63) is 43.1 Å². The average molecular weight is 418 g/mol. The molecule has 29 heavy (non-hydrogen) atoms. The SMILES string of the molecule is C=CC(=O)N(C)CCC1CCN(S(=O)(=O)c2cccc3c(OC)nccc23)CC1. The van der Waals surface area contributed by atoms with E-state index in [0.717, 1.165) is 19.3 Å². The van der Waals surface area contributed by atoms with Crippen LogP contribution in [0.5, 0.6) is 5.88 Å². The van der Waals surface area contributed by atoms with Crippen molar-refractivity contribution in [2.75, 3.05) is 33.8 Å². The van der Waals surface area contributed by atoms with Gasteiger partial charge in [-0.1, -0.05) is 12.6 Å². The number of rotatable bonds is 7. The summed E-state index contributed by atoms with van der Waals surface area (Å²) < 4.78 is 33.4. The Bertz CT molecular complexity index is 998. The first-order valence-electron chi connectivity index (χ1n) is 9.68. The lowest BCUT2D eigenvalue weighted by Gasteiger charge is -2.32. The molecule has 8 heteroatoms. The Balaban J connectivity index is 1.72. The second-order valence-electron chi connectivity index (χ2n) is 7.27. The van der Waals surface area contributed by atoms with Crippen molar-refractivity contribution in [2.24, 2.45) is 5.92 Å². The van der Waals surface area contributed by atoms with Gasteiger partial charge in [0, 0.05) is 43.7 Å². The van der Waals surface area contributed by atoms with E-state index in [1.807, 2.05) is 6.07 Å². The van der Waals surface area contributed by atoms with E-state index in [0.29, 0.717) is 42.2 Å². The van der Waals surface area contributed by atoms with Crippen molar-refractivity contribution < 1.29 is 17.9 Å². The smallest absolute Gasteiger partial charge is 0.245 e. The Kier molecular flexibility index (Phi) is 6.54. The van der Waals surface area contributed by atoms with Crippen molar-refractivity contribution in [3.63, 3.8) is 0 Å². The zero-order valence-electron chi connectivity index (χ0n) is 16.9. The van der Waals surface area contributed by atoms with Gasteiger partial charge in [0.1, 0.15) is 0 Å². The van der Waals surface area contributed by atoms with Crippen LogP contribution in [0.3, 0.4) is 0 Å². The van der Waals surface area contributed by atoms with Crippen molar-refractivity contribution in [2.45, 2.75) is 24.2 Å². The third-order valence-corrected chi connectivity index (χ3v) is 7.49. The van der Waals surface area contributed by atoms with Gasteiger partial charge in [-0.2, -0.15) is 4.31 Å². The topological polar surface area (TPSA) is 79.8 Å². The number of ether oxygens (including phenoxy) is 1. The largest absolute Gasteiger partial charge is 0.481 e. The molecule has 0 aliphatic carbocycles. The second-order valence-corrected chi connectivity index (χ2v) is 9.18. The Morgan fingerprint density at radius 3 is 2.69 bits per heavy atom. The number of piperidine rings is 1. The molecule has 0 N–H and O–H groups in total. The fourth-order valence-corrected chi connectivity index (χ4v) is 5.43. The lowest BCUT2D eigenvalue weighted by atomic mass is 9.94. The number of methoxy groups -OCH3 is 1. The standard InChI is InChI=1S/C21H27N3O4S/c1-4-20(25)23(2)13-9-16-10-14-24(15-11-16)29(26,27)19-7-5-6-18-17(19)8-12-22-21(18)28-3/h4-8,12,16H,1,9-11,13-15H2,2-3H3. The first-order valence-corrected chi connectivity index (χ1v) is 11.1. The molecule has 1 amide bonds. The minimum absolute atomic E-state index is 0.0918. The van der Waals surface area contributed by atoms with Crippen LogP contribution in [0.2, 0.25) is 0 Å². The predicted molar refractivity (Wildman–Crippen MR) is 112 cm³/mol. The number of amides is 1. The maximum absolute atomic E-state index is 13.3. The van der Waals surface area contributed by atoms with Crippen molar-refractivity contribution in [1.82, 2.24) is 14.2 Å². The summed E-state index contributed by atoms with van der Waals surface area (Å²) in [5.41, 5.74) is 0. The minimum Gasteiger partial charge on any atom is -0.481 e. The van der Waals surface area contributed by atoms with Gasteiger partial charge in [0.05, 0.1) is 12.0 Å². The van der Waals surface area contributed by atoms with Crippen molar-refractivity contribution >= 4 is 26.7 Å². The molecule has 0 atom stereocenters. The van der Waals surface area contributed by atoms with E-state index >= 15 is 0 Å². The summed E-state index contributed by atoms with van der Waals surface area (Å²) in [5, 5.41) is 1.30. The van der Waals surface area contributed by atoms with E-state index < -0.39 is 10.0 Å². The summed E-state index contributed by atoms with van der Waals surface area (Å²) in [6.07, 6.45) is 5.30. The average Bonchev–Trinajstić information content (AvgIpc) is 2.76. The van der Waals surface area contributed by atoms with Crippen LogP contribution in [0.15, 0.2) is 48.0 Å². The Morgan fingerprint density at radius 1 is 1.31 bits per heavy atom. The van der Waals surface area contributed by atoms with Gasteiger partial charge in [-0.25, -0.2) is 13.4 Å². The number of pyridine rings is 1. The number of sulfonamides is 1. The molecule has 1 fully saturated rings. The first-order chi connectivity index (χ1) is 13.9. The number of aromatic nitrogens is 1. The molecule has 2 aromatic rings. The summed E-state index contributed by atoms with van der Waals surface area (Å²) in [6.45, 7) is 5.10. The summed E-state index contributed by atoms with van der Waals surface area (Å²) >= 11 is 0. The lowest BCUT2D eigenvalue weighted by molar-refractivity contribution is -0.124. The molecule has 0 unspecified atom stereocenters. The molecule has 1 aromatic heterocycles. The number of likely N-dealkylation sites (N-methyl/N-ethyl adjacent to an activating group) is 1. The highest BCUT2D eigenvalue weighted by atomic mass is 32.2. The Hall–Kier alpha value is -2.45. The van der Waals surface area contributed by atoms with Gasteiger partial charge >= 0.3 is 0 Å². The van der Waals surface area contributed by atoms with Gasteiger partial charge in [-0.05, 0) is 49.5 Å². The molecule has 0 radical (unpaired) electrons. The third kappa shape index (κ3) is 4.43. The van der Waals surface area contributed by atoms with Crippen molar-refractivity contribution in [3.8, 4) is 5.88 Å². The Morgan fingerprint density at radius 2 is 2.03 bits per heavy atom. The molecule has 1 aliphatic rings. The fourth-order valence-electron chi connectivity index (χ4n) is 3.76. The number of carbonyl (C=O) groups excluding carboxylic acids is 1. The second kappa shape index (κ2) is 8.92. The fraction of sp³-hybridized carbons (Fsp3) is 0.429. The Labute approximate surface area is 172 Å². The molecule has 0 saturated carbocycles. The highest BCUT2D eigenvalue weighted by Crippen LogP contribution is 2.32. The zero-order valence-corrected chi connectivity index (χ0v) is 17.7. The van der Waals surface area contributed by atoms with Gasteiger partial charge < -0.3 is 9.64 Å². The molecular weight excluding hydrogens is 390 g/mol. The summed E-state index contributed by atoms with van der Waals surface area (Å²) in [4.78, 5) is 17.7. The minimum atomic E-state index is -3.61.